The number of likely N-dealkylation sites (N-methyl/N-ethyl adjacent to an activating group) is 1. The number of carbonyl (C=O) groups is 2. The van der Waals surface area contributed by atoms with Crippen LogP contribution in [0.15, 0.2) is 0 Å². The molecule has 1 heterocycles. The molecule has 2 unspecified atom stereocenters. The number of amides is 2. The maximum absolute atomic E-state index is 12.0. The molecule has 0 aliphatic carbocycles. The van der Waals surface area contributed by atoms with Gasteiger partial charge in [0.2, 0.25) is 0 Å². The Balaban J connectivity index is 2.39. The summed E-state index contributed by atoms with van der Waals surface area (Å²) in [6, 6.07) is -1.15. The third-order valence-corrected chi connectivity index (χ3v) is 3.54. The molecule has 2 amide bonds. The van der Waals surface area contributed by atoms with Crippen molar-refractivity contribution in [3.63, 3.8) is 0 Å². The van der Waals surface area contributed by atoms with Gasteiger partial charge in [0, 0.05) is 20.2 Å². The Labute approximate surface area is 120 Å². The third-order valence-electron chi connectivity index (χ3n) is 3.54. The van der Waals surface area contributed by atoms with Gasteiger partial charge in [-0.05, 0) is 25.7 Å². The van der Waals surface area contributed by atoms with Gasteiger partial charge in [0.1, 0.15) is 6.04 Å². The molecule has 2 atom stereocenters. The highest BCUT2D eigenvalue weighted by molar-refractivity contribution is 5.82. The molecule has 0 bridgehead atoms. The largest absolute Gasteiger partial charge is 0.480 e. The Kier molecular flexibility index (Phi) is 7.36. The molecule has 0 aromatic carbocycles. The van der Waals surface area contributed by atoms with Crippen molar-refractivity contribution in [1.29, 1.82) is 0 Å². The minimum absolute atomic E-state index is 0.0680. The standard InChI is InChI=1S/C14H26N2O4/c1-3-4-8-12(13(17)18)15-14(19)16(2)10-11-7-5-6-9-20-11/h11-12H,3-10H2,1-2H3,(H,15,19)(H,17,18). The maximum Gasteiger partial charge on any atom is 0.326 e. The van der Waals surface area contributed by atoms with Crippen molar-refractivity contribution in [3.05, 3.63) is 0 Å². The molecular formula is C14H26N2O4. The second-order valence-electron chi connectivity index (χ2n) is 5.35. The van der Waals surface area contributed by atoms with Crippen molar-refractivity contribution in [1.82, 2.24) is 10.2 Å². The molecule has 0 saturated carbocycles. The zero-order chi connectivity index (χ0) is 15.0. The molecule has 1 aliphatic rings. The smallest absolute Gasteiger partial charge is 0.326 e. The SMILES string of the molecule is CCCCC(NC(=O)N(C)CC1CCCCO1)C(=O)O. The third kappa shape index (κ3) is 5.77. The number of nitrogens with one attached hydrogen (secondary N) is 1. The fourth-order valence-electron chi connectivity index (χ4n) is 2.26. The van der Waals surface area contributed by atoms with E-state index in [2.05, 4.69) is 5.32 Å². The number of carbonyl (C=O) groups excluding carboxylic acids is 1. The lowest BCUT2D eigenvalue weighted by Crippen LogP contribution is -2.48. The van der Waals surface area contributed by atoms with Gasteiger partial charge in [-0.1, -0.05) is 19.8 Å². The average molecular weight is 286 g/mol. The fraction of sp³-hybridized carbons (Fsp3) is 0.857. The second-order valence-corrected chi connectivity index (χ2v) is 5.35. The molecule has 1 aliphatic heterocycles. The normalized spacial score (nSPS) is 20.2. The maximum atomic E-state index is 12.0. The van der Waals surface area contributed by atoms with Gasteiger partial charge in [0.15, 0.2) is 0 Å². The molecule has 6 nitrogen and oxygen atoms in total. The lowest BCUT2D eigenvalue weighted by atomic mass is 10.1. The van der Waals surface area contributed by atoms with Gasteiger partial charge in [0.05, 0.1) is 6.10 Å². The molecule has 116 valence electrons. The van der Waals surface area contributed by atoms with Crippen molar-refractivity contribution in [2.75, 3.05) is 20.2 Å². The molecular weight excluding hydrogens is 260 g/mol. The molecule has 1 saturated heterocycles. The van der Waals surface area contributed by atoms with Crippen LogP contribution in [0.1, 0.15) is 45.4 Å². The van der Waals surface area contributed by atoms with Crippen LogP contribution in [0, 0.1) is 0 Å². The zero-order valence-electron chi connectivity index (χ0n) is 12.4. The Morgan fingerprint density at radius 3 is 2.75 bits per heavy atom. The van der Waals surface area contributed by atoms with Crippen LogP contribution in [-0.2, 0) is 9.53 Å². The van der Waals surface area contributed by atoms with Crippen LogP contribution >= 0.6 is 0 Å². The summed E-state index contributed by atoms with van der Waals surface area (Å²) in [5.41, 5.74) is 0. The number of ether oxygens (including phenoxy) is 1. The summed E-state index contributed by atoms with van der Waals surface area (Å²) in [7, 11) is 1.67. The molecule has 0 spiro atoms. The highest BCUT2D eigenvalue weighted by Gasteiger charge is 2.23. The summed E-state index contributed by atoms with van der Waals surface area (Å²) in [5.74, 6) is -0.978. The lowest BCUT2D eigenvalue weighted by Gasteiger charge is -2.28. The van der Waals surface area contributed by atoms with Crippen LogP contribution in [0.5, 0.6) is 0 Å². The van der Waals surface area contributed by atoms with E-state index in [9.17, 15) is 9.59 Å². The molecule has 1 rings (SSSR count). The van der Waals surface area contributed by atoms with Gasteiger partial charge in [-0.25, -0.2) is 9.59 Å². The van der Waals surface area contributed by atoms with Gasteiger partial charge in [-0.15, -0.1) is 0 Å². The van der Waals surface area contributed by atoms with Crippen molar-refractivity contribution < 1.29 is 19.4 Å². The quantitative estimate of drug-likeness (QED) is 0.748. The van der Waals surface area contributed by atoms with Crippen LogP contribution in [0.4, 0.5) is 4.79 Å². The number of urea groups is 1. The Bertz CT molecular complexity index is 316. The number of hydrogen-bond acceptors (Lipinski definition) is 3. The van der Waals surface area contributed by atoms with Crippen LogP contribution in [0.3, 0.4) is 0 Å². The number of unbranched alkanes of at least 4 members (excludes halogenated alkanes) is 1. The number of rotatable bonds is 7. The first kappa shape index (κ1) is 16.8. The number of aliphatic carboxylic acids is 1. The van der Waals surface area contributed by atoms with E-state index in [1.54, 1.807) is 7.05 Å². The van der Waals surface area contributed by atoms with Crippen molar-refractivity contribution in [2.45, 2.75) is 57.6 Å². The summed E-state index contributed by atoms with van der Waals surface area (Å²) in [6.45, 7) is 3.24. The molecule has 1 fully saturated rings. The Morgan fingerprint density at radius 1 is 1.45 bits per heavy atom. The van der Waals surface area contributed by atoms with Gasteiger partial charge < -0.3 is 20.1 Å². The summed E-state index contributed by atoms with van der Waals surface area (Å²) in [5, 5.41) is 11.7. The molecule has 6 heteroatoms. The number of nitrogens with zero attached hydrogens (tertiary/aromatic N) is 1. The predicted molar refractivity (Wildman–Crippen MR) is 75.7 cm³/mol. The monoisotopic (exact) mass is 286 g/mol. The fourth-order valence-corrected chi connectivity index (χ4v) is 2.26. The van der Waals surface area contributed by atoms with E-state index in [1.807, 2.05) is 6.92 Å². The predicted octanol–water partition coefficient (Wildman–Crippen LogP) is 1.84. The molecule has 0 radical (unpaired) electrons. The first-order valence-corrected chi connectivity index (χ1v) is 7.40. The van der Waals surface area contributed by atoms with E-state index in [1.165, 1.54) is 4.90 Å². The summed E-state index contributed by atoms with van der Waals surface area (Å²) < 4.78 is 5.58. The average Bonchev–Trinajstić information content (AvgIpc) is 2.43. The van der Waals surface area contributed by atoms with E-state index in [0.717, 1.165) is 38.7 Å². The van der Waals surface area contributed by atoms with E-state index < -0.39 is 12.0 Å². The lowest BCUT2D eigenvalue weighted by molar-refractivity contribution is -0.139. The number of carboxylic acid groups (broad SMARTS) is 1. The summed E-state index contributed by atoms with van der Waals surface area (Å²) >= 11 is 0. The van der Waals surface area contributed by atoms with Gasteiger partial charge in [-0.3, -0.25) is 0 Å². The minimum atomic E-state index is -0.978. The second kappa shape index (κ2) is 8.79. The molecule has 0 aromatic heterocycles. The minimum Gasteiger partial charge on any atom is -0.480 e. The molecule has 0 aromatic rings. The Hall–Kier alpha value is -1.30. The first-order chi connectivity index (χ1) is 9.54. The van der Waals surface area contributed by atoms with Crippen LogP contribution in [0.2, 0.25) is 0 Å². The van der Waals surface area contributed by atoms with Gasteiger partial charge >= 0.3 is 12.0 Å². The van der Waals surface area contributed by atoms with E-state index >= 15 is 0 Å². The van der Waals surface area contributed by atoms with Gasteiger partial charge in [-0.2, -0.15) is 0 Å². The summed E-state index contributed by atoms with van der Waals surface area (Å²) in [4.78, 5) is 24.6. The van der Waals surface area contributed by atoms with Crippen LogP contribution < -0.4 is 5.32 Å². The Morgan fingerprint density at radius 2 is 2.20 bits per heavy atom. The number of hydrogen-bond donors (Lipinski definition) is 2. The topological polar surface area (TPSA) is 78.9 Å². The van der Waals surface area contributed by atoms with E-state index in [4.69, 9.17) is 9.84 Å². The number of carboxylic acids is 1. The molecule has 20 heavy (non-hydrogen) atoms. The highest BCUT2D eigenvalue weighted by Crippen LogP contribution is 2.13. The zero-order valence-corrected chi connectivity index (χ0v) is 12.4. The van der Waals surface area contributed by atoms with Crippen molar-refractivity contribution in [3.8, 4) is 0 Å². The van der Waals surface area contributed by atoms with E-state index in [-0.39, 0.29) is 12.1 Å². The highest BCUT2D eigenvalue weighted by atomic mass is 16.5. The first-order valence-electron chi connectivity index (χ1n) is 7.40. The van der Waals surface area contributed by atoms with Crippen molar-refractivity contribution in [2.24, 2.45) is 0 Å². The van der Waals surface area contributed by atoms with Crippen LogP contribution in [-0.4, -0.2) is 54.4 Å². The summed E-state index contributed by atoms with van der Waals surface area (Å²) in [6.07, 6.45) is 5.37. The van der Waals surface area contributed by atoms with Crippen molar-refractivity contribution >= 4 is 12.0 Å². The van der Waals surface area contributed by atoms with Crippen LogP contribution in [0.25, 0.3) is 0 Å². The van der Waals surface area contributed by atoms with Gasteiger partial charge in [0.25, 0.3) is 0 Å². The van der Waals surface area contributed by atoms with E-state index in [0.29, 0.717) is 13.0 Å². The molecule has 2 N–H and O–H groups in total.